The van der Waals surface area contributed by atoms with Crippen molar-refractivity contribution in [1.82, 2.24) is 15.1 Å². The quantitative estimate of drug-likeness (QED) is 0.341. The summed E-state index contributed by atoms with van der Waals surface area (Å²) in [6, 6.07) is 9.00. The number of carbonyl (C=O) groups is 5. The Labute approximate surface area is 264 Å². The Bertz CT molecular complexity index is 1320. The van der Waals surface area contributed by atoms with E-state index in [1.165, 1.54) is 25.1 Å². The predicted molar refractivity (Wildman–Crippen MR) is 171 cm³/mol. The molecular formula is C33H44FN5O6. The molecule has 2 saturated heterocycles. The number of anilines is 2. The van der Waals surface area contributed by atoms with Crippen molar-refractivity contribution in [2.24, 2.45) is 5.92 Å². The molecule has 12 heteroatoms. The molecule has 2 heterocycles. The monoisotopic (exact) mass is 625 g/mol. The first-order valence-electron chi connectivity index (χ1n) is 15.2. The van der Waals surface area contributed by atoms with E-state index in [0.29, 0.717) is 36.0 Å². The minimum absolute atomic E-state index is 0.137. The van der Waals surface area contributed by atoms with Crippen molar-refractivity contribution in [3.05, 3.63) is 58.9 Å². The number of aliphatic hydroxyl groups is 1. The van der Waals surface area contributed by atoms with E-state index in [4.69, 9.17) is 5.11 Å². The molecular weight excluding hydrogens is 581 g/mol. The summed E-state index contributed by atoms with van der Waals surface area (Å²) in [5.41, 5.74) is 2.22. The van der Waals surface area contributed by atoms with Crippen LogP contribution in [0.3, 0.4) is 0 Å². The number of hydrogen-bond acceptors (Lipinski definition) is 9. The van der Waals surface area contributed by atoms with Gasteiger partial charge in [0, 0.05) is 90.3 Å². The van der Waals surface area contributed by atoms with Crippen molar-refractivity contribution in [3.8, 4) is 0 Å². The summed E-state index contributed by atoms with van der Waals surface area (Å²) in [7, 11) is 3.98. The highest BCUT2D eigenvalue weighted by Gasteiger charge is 2.29. The molecule has 45 heavy (non-hydrogen) atoms. The van der Waals surface area contributed by atoms with E-state index >= 15 is 0 Å². The molecule has 2 amide bonds. The van der Waals surface area contributed by atoms with Gasteiger partial charge in [0.1, 0.15) is 24.4 Å². The van der Waals surface area contributed by atoms with Gasteiger partial charge in [0.05, 0.1) is 11.3 Å². The molecule has 0 saturated carbocycles. The van der Waals surface area contributed by atoms with Gasteiger partial charge in [0.25, 0.3) is 5.91 Å². The number of amides is 2. The van der Waals surface area contributed by atoms with Gasteiger partial charge in [-0.1, -0.05) is 0 Å². The number of aliphatic hydroxyl groups excluding tert-OH is 1. The third-order valence-electron chi connectivity index (χ3n) is 8.60. The zero-order chi connectivity index (χ0) is 32.9. The molecule has 11 nitrogen and oxygen atoms in total. The number of aldehydes is 3. The van der Waals surface area contributed by atoms with E-state index in [1.807, 2.05) is 6.07 Å². The standard InChI is InChI=1S/C32H40FN5O5.CH4O/c1-34-31(42)30(4-3-17-39)35(2)32(43)27-7-6-26(19-25(27)22-41)37-15-13-36(14-16-37)20-23-9-11-38(12-10-23)29-8-5-24(21-40)18-28(29)33;1-2/h5-8,17-19,21-23,30H,3-4,9-16,20H2,1-2H3,(H,34,42);2H,1H3. The molecule has 2 N–H and O–H groups in total. The van der Waals surface area contributed by atoms with Gasteiger partial charge < -0.3 is 29.9 Å². The maximum absolute atomic E-state index is 14.5. The number of halogens is 1. The molecule has 2 aromatic rings. The molecule has 244 valence electrons. The maximum atomic E-state index is 14.5. The van der Waals surface area contributed by atoms with E-state index in [0.717, 1.165) is 71.5 Å². The largest absolute Gasteiger partial charge is 0.400 e. The number of likely N-dealkylation sites (N-methyl/N-ethyl adjacent to an activating group) is 2. The van der Waals surface area contributed by atoms with Crippen LogP contribution in [-0.4, -0.2) is 119 Å². The number of piperazine rings is 1. The first-order chi connectivity index (χ1) is 21.8. The maximum Gasteiger partial charge on any atom is 0.255 e. The molecule has 0 radical (unpaired) electrons. The van der Waals surface area contributed by atoms with Gasteiger partial charge >= 0.3 is 0 Å². The number of nitrogens with zero attached hydrogens (tertiary/aromatic N) is 4. The van der Waals surface area contributed by atoms with Crippen molar-refractivity contribution in [1.29, 1.82) is 0 Å². The molecule has 1 atom stereocenters. The van der Waals surface area contributed by atoms with Crippen LogP contribution >= 0.6 is 0 Å². The smallest absolute Gasteiger partial charge is 0.255 e. The van der Waals surface area contributed by atoms with Crippen LogP contribution in [0.1, 0.15) is 56.8 Å². The van der Waals surface area contributed by atoms with Crippen LogP contribution in [0, 0.1) is 11.7 Å². The van der Waals surface area contributed by atoms with Crippen molar-refractivity contribution < 1.29 is 33.5 Å². The zero-order valence-electron chi connectivity index (χ0n) is 26.3. The number of benzene rings is 2. The van der Waals surface area contributed by atoms with Gasteiger partial charge in [-0.15, -0.1) is 0 Å². The fourth-order valence-corrected chi connectivity index (χ4v) is 6.03. The summed E-state index contributed by atoms with van der Waals surface area (Å²) >= 11 is 0. The Kier molecular flexibility index (Phi) is 13.6. The number of hydrogen-bond donors (Lipinski definition) is 2. The second-order valence-corrected chi connectivity index (χ2v) is 11.2. The summed E-state index contributed by atoms with van der Waals surface area (Å²) < 4.78 is 14.5. The first kappa shape index (κ1) is 35.3. The Morgan fingerprint density at radius 1 is 0.978 bits per heavy atom. The van der Waals surface area contributed by atoms with E-state index < -0.39 is 11.9 Å². The number of carbonyl (C=O) groups excluding carboxylic acids is 5. The minimum atomic E-state index is -0.821. The summed E-state index contributed by atoms with van der Waals surface area (Å²) in [5, 5.41) is 9.53. The lowest BCUT2D eigenvalue weighted by Crippen LogP contribution is -2.49. The van der Waals surface area contributed by atoms with Crippen LogP contribution in [-0.2, 0) is 9.59 Å². The third-order valence-corrected chi connectivity index (χ3v) is 8.60. The molecule has 0 spiro atoms. The normalized spacial score (nSPS) is 16.2. The Morgan fingerprint density at radius 2 is 1.67 bits per heavy atom. The Morgan fingerprint density at radius 3 is 2.24 bits per heavy atom. The summed E-state index contributed by atoms with van der Waals surface area (Å²) in [6.07, 6.45) is 4.30. The molecule has 0 bridgehead atoms. The van der Waals surface area contributed by atoms with Crippen LogP contribution < -0.4 is 15.1 Å². The van der Waals surface area contributed by atoms with Crippen LogP contribution in [0.15, 0.2) is 36.4 Å². The lowest BCUT2D eigenvalue weighted by molar-refractivity contribution is -0.125. The highest BCUT2D eigenvalue weighted by Crippen LogP contribution is 2.28. The summed E-state index contributed by atoms with van der Waals surface area (Å²) in [5.74, 6) is -0.660. The van der Waals surface area contributed by atoms with Gasteiger partial charge in [-0.3, -0.25) is 24.1 Å². The minimum Gasteiger partial charge on any atom is -0.400 e. The SMILES string of the molecule is CNC(=O)C(CCC=O)N(C)C(=O)c1ccc(N2CCN(CC3CCN(c4ccc(C=O)cc4F)CC3)CC2)cc1C=O.CO. The summed E-state index contributed by atoms with van der Waals surface area (Å²) in [4.78, 5) is 67.4. The van der Waals surface area contributed by atoms with Crippen molar-refractivity contribution in [2.45, 2.75) is 31.7 Å². The molecule has 0 aromatic heterocycles. The summed E-state index contributed by atoms with van der Waals surface area (Å²) in [6.45, 7) is 5.82. The zero-order valence-corrected chi connectivity index (χ0v) is 26.3. The second-order valence-electron chi connectivity index (χ2n) is 11.2. The Hall–Kier alpha value is -4.16. The predicted octanol–water partition coefficient (Wildman–Crippen LogP) is 2.26. The van der Waals surface area contributed by atoms with Crippen molar-refractivity contribution in [2.75, 3.05) is 76.8 Å². The average Bonchev–Trinajstić information content (AvgIpc) is 3.09. The van der Waals surface area contributed by atoms with Gasteiger partial charge in [0.2, 0.25) is 5.91 Å². The first-order valence-corrected chi connectivity index (χ1v) is 15.2. The Balaban J connectivity index is 0.00000271. The average molecular weight is 626 g/mol. The van der Waals surface area contributed by atoms with Gasteiger partial charge in [-0.2, -0.15) is 0 Å². The van der Waals surface area contributed by atoms with Crippen LogP contribution in [0.2, 0.25) is 0 Å². The highest BCUT2D eigenvalue weighted by molar-refractivity contribution is 6.03. The van der Waals surface area contributed by atoms with E-state index in [-0.39, 0.29) is 35.7 Å². The van der Waals surface area contributed by atoms with E-state index in [9.17, 15) is 28.4 Å². The number of rotatable bonds is 12. The number of nitrogens with one attached hydrogen (secondary N) is 1. The molecule has 0 aliphatic carbocycles. The van der Waals surface area contributed by atoms with Crippen molar-refractivity contribution in [3.63, 3.8) is 0 Å². The third kappa shape index (κ3) is 8.95. The van der Waals surface area contributed by atoms with Crippen LogP contribution in [0.25, 0.3) is 0 Å². The van der Waals surface area contributed by atoms with E-state index in [2.05, 4.69) is 20.0 Å². The second kappa shape index (κ2) is 17.4. The molecule has 2 aliphatic heterocycles. The van der Waals surface area contributed by atoms with Crippen LogP contribution in [0.5, 0.6) is 0 Å². The van der Waals surface area contributed by atoms with Gasteiger partial charge in [-0.25, -0.2) is 4.39 Å². The lowest BCUT2D eigenvalue weighted by atomic mass is 9.95. The molecule has 2 aromatic carbocycles. The highest BCUT2D eigenvalue weighted by atomic mass is 19.1. The lowest BCUT2D eigenvalue weighted by Gasteiger charge is -2.40. The van der Waals surface area contributed by atoms with Gasteiger partial charge in [0.15, 0.2) is 6.29 Å². The topological polar surface area (TPSA) is 131 Å². The fraction of sp³-hybridized carbons (Fsp3) is 0.485. The molecule has 1 unspecified atom stereocenters. The number of piperidine rings is 1. The van der Waals surface area contributed by atoms with E-state index in [1.54, 1.807) is 24.3 Å². The molecule has 2 aliphatic rings. The fourth-order valence-electron chi connectivity index (χ4n) is 6.03. The van der Waals surface area contributed by atoms with Gasteiger partial charge in [-0.05, 0) is 61.6 Å². The van der Waals surface area contributed by atoms with Crippen LogP contribution in [0.4, 0.5) is 15.8 Å². The van der Waals surface area contributed by atoms with Crippen molar-refractivity contribution >= 4 is 42.0 Å². The molecule has 4 rings (SSSR count). The molecule has 2 fully saturated rings.